The average molecular weight is 187 g/mol. The van der Waals surface area contributed by atoms with Crippen LogP contribution < -0.4 is 5.32 Å². The Kier molecular flexibility index (Phi) is 2.63. The van der Waals surface area contributed by atoms with Gasteiger partial charge in [0.25, 0.3) is 0 Å². The van der Waals surface area contributed by atoms with Gasteiger partial charge in [0.15, 0.2) is 5.78 Å². The number of Topliss-reactive ketones (excluding diaryl/α,β-unsaturated/α-hetero) is 1. The molecule has 0 unspecified atom stereocenters. The van der Waals surface area contributed by atoms with Crippen molar-refractivity contribution in [1.29, 1.82) is 0 Å². The summed E-state index contributed by atoms with van der Waals surface area (Å²) in [4.78, 5) is 11.3. The van der Waals surface area contributed by atoms with E-state index in [0.29, 0.717) is 6.42 Å². The van der Waals surface area contributed by atoms with E-state index in [9.17, 15) is 4.79 Å². The number of hydrogen-bond acceptors (Lipinski definition) is 2. The Hall–Kier alpha value is -1.57. The van der Waals surface area contributed by atoms with Crippen molar-refractivity contribution in [3.63, 3.8) is 0 Å². The molecular weight excluding hydrogens is 174 g/mol. The second-order valence-electron chi connectivity index (χ2n) is 3.42. The van der Waals surface area contributed by atoms with E-state index in [0.717, 1.165) is 18.7 Å². The number of ketones is 1. The molecule has 1 aliphatic rings. The quantitative estimate of drug-likeness (QED) is 0.784. The van der Waals surface area contributed by atoms with Crippen LogP contribution in [-0.4, -0.2) is 5.78 Å². The van der Waals surface area contributed by atoms with Crippen LogP contribution in [0.5, 0.6) is 0 Å². The van der Waals surface area contributed by atoms with E-state index in [1.807, 2.05) is 36.4 Å². The van der Waals surface area contributed by atoms with Crippen LogP contribution in [0, 0.1) is 0 Å². The third-order valence-corrected chi connectivity index (χ3v) is 2.35. The first-order valence-corrected chi connectivity index (χ1v) is 4.87. The Morgan fingerprint density at radius 3 is 2.64 bits per heavy atom. The molecule has 14 heavy (non-hydrogen) atoms. The van der Waals surface area contributed by atoms with Crippen molar-refractivity contribution < 1.29 is 4.79 Å². The van der Waals surface area contributed by atoms with Gasteiger partial charge in [-0.1, -0.05) is 36.4 Å². The minimum absolute atomic E-state index is 0.237. The molecule has 0 radical (unpaired) electrons. The lowest BCUT2D eigenvalue weighted by Crippen LogP contribution is -2.16. The van der Waals surface area contributed by atoms with Crippen molar-refractivity contribution in [2.75, 3.05) is 0 Å². The van der Waals surface area contributed by atoms with Gasteiger partial charge in [-0.2, -0.15) is 0 Å². The molecule has 2 heteroatoms. The summed E-state index contributed by atoms with van der Waals surface area (Å²) in [5, 5.41) is 3.16. The van der Waals surface area contributed by atoms with Crippen LogP contribution in [0.4, 0.5) is 0 Å². The van der Waals surface area contributed by atoms with Crippen LogP contribution in [-0.2, 0) is 11.3 Å². The molecule has 1 aromatic carbocycles. The standard InChI is InChI=1S/C12H13NO/c14-12-8-4-7-11(12)13-9-10-5-2-1-3-6-10/h1-3,5-7,13H,4,8-9H2. The SMILES string of the molecule is O=C1CCC=C1NCc1ccccc1. The van der Waals surface area contributed by atoms with Crippen molar-refractivity contribution >= 4 is 5.78 Å². The highest BCUT2D eigenvalue weighted by molar-refractivity contribution is 5.96. The molecule has 0 spiro atoms. The molecule has 0 saturated heterocycles. The van der Waals surface area contributed by atoms with Crippen LogP contribution in [0.1, 0.15) is 18.4 Å². The van der Waals surface area contributed by atoms with E-state index in [1.54, 1.807) is 0 Å². The molecule has 1 aromatic rings. The summed E-state index contributed by atoms with van der Waals surface area (Å²) in [7, 11) is 0. The maximum absolute atomic E-state index is 11.3. The second-order valence-corrected chi connectivity index (χ2v) is 3.42. The lowest BCUT2D eigenvalue weighted by molar-refractivity contribution is -0.115. The Bertz CT molecular complexity index is 354. The number of hydrogen-bond donors (Lipinski definition) is 1. The van der Waals surface area contributed by atoms with Crippen LogP contribution in [0.2, 0.25) is 0 Å². The lowest BCUT2D eigenvalue weighted by Gasteiger charge is -2.05. The number of allylic oxidation sites excluding steroid dienone is 2. The predicted octanol–water partition coefficient (Wildman–Crippen LogP) is 2.02. The number of benzene rings is 1. The Balaban J connectivity index is 1.92. The van der Waals surface area contributed by atoms with Gasteiger partial charge in [0.05, 0.1) is 5.70 Å². The third-order valence-electron chi connectivity index (χ3n) is 2.35. The normalized spacial score (nSPS) is 15.4. The van der Waals surface area contributed by atoms with Gasteiger partial charge in [-0.05, 0) is 12.0 Å². The highest BCUT2D eigenvalue weighted by Crippen LogP contribution is 2.11. The molecule has 0 aromatic heterocycles. The van der Waals surface area contributed by atoms with E-state index in [2.05, 4.69) is 5.32 Å². The second kappa shape index (κ2) is 4.09. The number of carbonyl (C=O) groups excluding carboxylic acids is 1. The molecule has 0 amide bonds. The fourth-order valence-electron chi connectivity index (χ4n) is 1.56. The van der Waals surface area contributed by atoms with Crippen molar-refractivity contribution in [2.45, 2.75) is 19.4 Å². The summed E-state index contributed by atoms with van der Waals surface area (Å²) in [6.07, 6.45) is 3.53. The third kappa shape index (κ3) is 2.02. The summed E-state index contributed by atoms with van der Waals surface area (Å²) in [5.74, 6) is 0.237. The van der Waals surface area contributed by atoms with Crippen LogP contribution in [0.3, 0.4) is 0 Å². The van der Waals surface area contributed by atoms with Crippen molar-refractivity contribution in [1.82, 2.24) is 5.32 Å². The van der Waals surface area contributed by atoms with E-state index < -0.39 is 0 Å². The fraction of sp³-hybridized carbons (Fsp3) is 0.250. The Morgan fingerprint density at radius 1 is 1.21 bits per heavy atom. The minimum atomic E-state index is 0.237. The summed E-state index contributed by atoms with van der Waals surface area (Å²) in [6.45, 7) is 0.735. The molecule has 0 heterocycles. The maximum Gasteiger partial charge on any atom is 0.178 e. The zero-order chi connectivity index (χ0) is 9.80. The summed E-state index contributed by atoms with van der Waals surface area (Å²) in [5.41, 5.74) is 1.99. The summed E-state index contributed by atoms with van der Waals surface area (Å²) >= 11 is 0. The smallest absolute Gasteiger partial charge is 0.178 e. The monoisotopic (exact) mass is 187 g/mol. The molecule has 2 nitrogen and oxygen atoms in total. The molecule has 1 N–H and O–H groups in total. The number of rotatable bonds is 3. The van der Waals surface area contributed by atoms with Crippen molar-refractivity contribution in [2.24, 2.45) is 0 Å². The summed E-state index contributed by atoms with van der Waals surface area (Å²) in [6, 6.07) is 10.1. The average Bonchev–Trinajstić information content (AvgIpc) is 2.63. The maximum atomic E-state index is 11.3. The molecule has 0 saturated carbocycles. The van der Waals surface area contributed by atoms with Gasteiger partial charge in [0.1, 0.15) is 0 Å². The Labute approximate surface area is 83.6 Å². The van der Waals surface area contributed by atoms with Crippen LogP contribution in [0.25, 0.3) is 0 Å². The van der Waals surface area contributed by atoms with Gasteiger partial charge in [0.2, 0.25) is 0 Å². The van der Waals surface area contributed by atoms with Gasteiger partial charge in [-0.25, -0.2) is 0 Å². The zero-order valence-electron chi connectivity index (χ0n) is 7.99. The van der Waals surface area contributed by atoms with E-state index >= 15 is 0 Å². The van der Waals surface area contributed by atoms with E-state index in [1.165, 1.54) is 5.56 Å². The van der Waals surface area contributed by atoms with Crippen molar-refractivity contribution in [3.8, 4) is 0 Å². The highest BCUT2D eigenvalue weighted by Gasteiger charge is 2.13. The first-order chi connectivity index (χ1) is 6.86. The molecule has 1 aliphatic carbocycles. The molecular formula is C12H13NO. The van der Waals surface area contributed by atoms with E-state index in [-0.39, 0.29) is 5.78 Å². The first-order valence-electron chi connectivity index (χ1n) is 4.87. The predicted molar refractivity (Wildman–Crippen MR) is 55.6 cm³/mol. The zero-order valence-corrected chi connectivity index (χ0v) is 7.99. The minimum Gasteiger partial charge on any atom is -0.378 e. The molecule has 2 rings (SSSR count). The molecule has 0 aliphatic heterocycles. The molecule has 0 fully saturated rings. The molecule has 0 atom stereocenters. The topological polar surface area (TPSA) is 29.1 Å². The highest BCUT2D eigenvalue weighted by atomic mass is 16.1. The molecule has 0 bridgehead atoms. The van der Waals surface area contributed by atoms with Gasteiger partial charge < -0.3 is 5.32 Å². The number of carbonyl (C=O) groups is 1. The van der Waals surface area contributed by atoms with Gasteiger partial charge in [-0.15, -0.1) is 0 Å². The van der Waals surface area contributed by atoms with Gasteiger partial charge in [-0.3, -0.25) is 4.79 Å². The number of nitrogens with one attached hydrogen (secondary N) is 1. The van der Waals surface area contributed by atoms with Crippen molar-refractivity contribution in [3.05, 3.63) is 47.7 Å². The van der Waals surface area contributed by atoms with Crippen LogP contribution in [0.15, 0.2) is 42.1 Å². The Morgan fingerprint density at radius 2 is 2.00 bits per heavy atom. The molecule has 72 valence electrons. The van der Waals surface area contributed by atoms with Gasteiger partial charge >= 0.3 is 0 Å². The fourth-order valence-corrected chi connectivity index (χ4v) is 1.56. The van der Waals surface area contributed by atoms with E-state index in [4.69, 9.17) is 0 Å². The van der Waals surface area contributed by atoms with Crippen LogP contribution >= 0.6 is 0 Å². The largest absolute Gasteiger partial charge is 0.378 e. The lowest BCUT2D eigenvalue weighted by atomic mass is 10.2. The summed E-state index contributed by atoms with van der Waals surface area (Å²) < 4.78 is 0. The van der Waals surface area contributed by atoms with Gasteiger partial charge in [0, 0.05) is 13.0 Å². The first kappa shape index (κ1) is 9.00.